The molecule has 0 aliphatic heterocycles. The van der Waals surface area contributed by atoms with Gasteiger partial charge in [0.2, 0.25) is 5.91 Å². The third-order valence-corrected chi connectivity index (χ3v) is 5.47. The largest absolute Gasteiger partial charge is 0.480 e. The minimum absolute atomic E-state index is 0.335. The van der Waals surface area contributed by atoms with Crippen molar-refractivity contribution in [1.29, 1.82) is 0 Å². The highest BCUT2D eigenvalue weighted by Crippen LogP contribution is 2.39. The predicted molar refractivity (Wildman–Crippen MR) is 123 cm³/mol. The first-order valence-corrected chi connectivity index (χ1v) is 10.4. The summed E-state index contributed by atoms with van der Waals surface area (Å²) in [6.45, 7) is 3.69. The maximum absolute atomic E-state index is 14.0. The highest BCUT2D eigenvalue weighted by molar-refractivity contribution is 5.98. The predicted octanol–water partition coefficient (Wildman–Crippen LogP) is 4.95. The van der Waals surface area contributed by atoms with Crippen LogP contribution in [0.4, 0.5) is 0 Å². The smallest absolute Gasteiger partial charge is 0.326 e. The van der Waals surface area contributed by atoms with Crippen molar-refractivity contribution in [2.75, 3.05) is 0 Å². The second-order valence-electron chi connectivity index (χ2n) is 7.43. The van der Waals surface area contributed by atoms with Gasteiger partial charge >= 0.3 is 5.97 Å². The average Bonchev–Trinajstić information content (AvgIpc) is 2.81. The molecule has 0 fully saturated rings. The van der Waals surface area contributed by atoms with Gasteiger partial charge in [-0.1, -0.05) is 97.1 Å². The zero-order valence-corrected chi connectivity index (χ0v) is 17.4. The molecule has 0 radical (unpaired) electrons. The Morgan fingerprint density at radius 3 is 1.61 bits per heavy atom. The monoisotopic (exact) mass is 413 g/mol. The number of amides is 1. The topological polar surface area (TPSA) is 66.4 Å². The van der Waals surface area contributed by atoms with Crippen molar-refractivity contribution in [3.05, 3.63) is 120 Å². The molecule has 2 N–H and O–H groups in total. The van der Waals surface area contributed by atoms with Crippen LogP contribution in [0, 0.1) is 0 Å². The molecule has 31 heavy (non-hydrogen) atoms. The molecule has 3 rings (SSSR count). The normalized spacial score (nSPS) is 12.0. The minimum Gasteiger partial charge on any atom is -0.480 e. The van der Waals surface area contributed by atoms with E-state index in [-0.39, 0.29) is 5.91 Å². The third kappa shape index (κ3) is 4.75. The zero-order valence-electron chi connectivity index (χ0n) is 17.4. The van der Waals surface area contributed by atoms with Gasteiger partial charge in [0.1, 0.15) is 11.5 Å². The van der Waals surface area contributed by atoms with Gasteiger partial charge in [-0.15, -0.1) is 6.58 Å². The summed E-state index contributed by atoms with van der Waals surface area (Å²) in [5.41, 5.74) is 1.15. The summed E-state index contributed by atoms with van der Waals surface area (Å²) >= 11 is 0. The Hall–Kier alpha value is -3.66. The van der Waals surface area contributed by atoms with Crippen molar-refractivity contribution >= 4 is 11.9 Å². The Morgan fingerprint density at radius 1 is 0.839 bits per heavy atom. The number of carboxylic acids is 1. The molecule has 0 spiro atoms. The van der Waals surface area contributed by atoms with E-state index in [0.29, 0.717) is 19.3 Å². The van der Waals surface area contributed by atoms with Crippen LogP contribution >= 0.6 is 0 Å². The highest BCUT2D eigenvalue weighted by atomic mass is 16.4. The lowest BCUT2D eigenvalue weighted by atomic mass is 9.68. The standard InChI is InChI=1S/C27H27NO3/c1-2-3-7-20-24(25(29)30)28-26(31)27(21-14-8-4-9-15-21,22-16-10-5-11-17-22)23-18-12-6-13-19-23/h2,4-6,8-19,24H,1,3,7,20H2,(H,28,31)(H,29,30)/t24-/m1/s1. The summed E-state index contributed by atoms with van der Waals surface area (Å²) in [7, 11) is 0. The summed E-state index contributed by atoms with van der Waals surface area (Å²) in [4.78, 5) is 25.9. The van der Waals surface area contributed by atoms with Crippen molar-refractivity contribution in [1.82, 2.24) is 5.32 Å². The molecule has 0 unspecified atom stereocenters. The van der Waals surface area contributed by atoms with Crippen LogP contribution in [0.15, 0.2) is 104 Å². The summed E-state index contributed by atoms with van der Waals surface area (Å²) in [6, 6.07) is 27.5. The van der Waals surface area contributed by atoms with Crippen LogP contribution < -0.4 is 5.32 Å². The van der Waals surface area contributed by atoms with Crippen molar-refractivity contribution in [3.8, 4) is 0 Å². The number of nitrogens with one attached hydrogen (secondary N) is 1. The number of carbonyl (C=O) groups is 2. The van der Waals surface area contributed by atoms with Gasteiger partial charge in [-0.25, -0.2) is 4.79 Å². The Morgan fingerprint density at radius 2 is 1.26 bits per heavy atom. The molecule has 0 bridgehead atoms. The molecular formula is C27H27NO3. The lowest BCUT2D eigenvalue weighted by Gasteiger charge is -2.35. The number of carboxylic acid groups (broad SMARTS) is 1. The summed E-state index contributed by atoms with van der Waals surface area (Å²) in [6.07, 6.45) is 3.42. The van der Waals surface area contributed by atoms with Gasteiger partial charge in [-0.3, -0.25) is 4.79 Å². The maximum Gasteiger partial charge on any atom is 0.326 e. The molecule has 3 aromatic carbocycles. The van der Waals surface area contributed by atoms with E-state index in [1.54, 1.807) is 6.08 Å². The zero-order chi connectivity index (χ0) is 22.1. The number of aliphatic carboxylic acids is 1. The molecule has 158 valence electrons. The minimum atomic E-state index is -1.18. The van der Waals surface area contributed by atoms with Crippen molar-refractivity contribution in [2.45, 2.75) is 30.7 Å². The van der Waals surface area contributed by atoms with Gasteiger partial charge in [0.15, 0.2) is 0 Å². The first-order valence-electron chi connectivity index (χ1n) is 10.4. The van der Waals surface area contributed by atoms with Crippen LogP contribution in [0.2, 0.25) is 0 Å². The van der Waals surface area contributed by atoms with Gasteiger partial charge in [0.05, 0.1) is 0 Å². The summed E-state index contributed by atoms with van der Waals surface area (Å²) < 4.78 is 0. The Kier molecular flexibility index (Phi) is 7.39. The van der Waals surface area contributed by atoms with Crippen LogP contribution in [0.25, 0.3) is 0 Å². The molecule has 0 heterocycles. The molecule has 0 aliphatic carbocycles. The van der Waals surface area contributed by atoms with Crippen molar-refractivity contribution in [2.24, 2.45) is 0 Å². The number of allylic oxidation sites excluding steroid dienone is 1. The molecule has 4 nitrogen and oxygen atoms in total. The van der Waals surface area contributed by atoms with Crippen LogP contribution in [-0.2, 0) is 15.0 Å². The van der Waals surface area contributed by atoms with Crippen LogP contribution in [0.5, 0.6) is 0 Å². The Balaban J connectivity index is 2.16. The molecule has 0 saturated carbocycles. The second-order valence-corrected chi connectivity index (χ2v) is 7.43. The SMILES string of the molecule is C=CCCC[C@@H](NC(=O)C(c1ccccc1)(c1ccccc1)c1ccccc1)C(=O)O. The fraction of sp³-hybridized carbons (Fsp3) is 0.185. The van der Waals surface area contributed by atoms with Crippen molar-refractivity contribution < 1.29 is 14.7 Å². The van der Waals surface area contributed by atoms with E-state index in [9.17, 15) is 14.7 Å². The highest BCUT2D eigenvalue weighted by Gasteiger charge is 2.44. The molecule has 0 saturated heterocycles. The fourth-order valence-corrected chi connectivity index (χ4v) is 3.95. The van der Waals surface area contributed by atoms with Crippen LogP contribution in [0.1, 0.15) is 36.0 Å². The quantitative estimate of drug-likeness (QED) is 0.281. The van der Waals surface area contributed by atoms with Gasteiger partial charge in [-0.05, 0) is 36.0 Å². The Labute approximate surface area is 183 Å². The number of hydrogen-bond donors (Lipinski definition) is 2. The first-order chi connectivity index (χ1) is 15.1. The van der Waals surface area contributed by atoms with Gasteiger partial charge in [-0.2, -0.15) is 0 Å². The van der Waals surface area contributed by atoms with Crippen LogP contribution in [0.3, 0.4) is 0 Å². The molecule has 0 aliphatic rings. The van der Waals surface area contributed by atoms with E-state index < -0.39 is 17.4 Å². The lowest BCUT2D eigenvalue weighted by Crippen LogP contribution is -2.51. The van der Waals surface area contributed by atoms with E-state index in [1.165, 1.54) is 0 Å². The average molecular weight is 414 g/mol. The number of unbranched alkanes of at least 4 members (excludes halogenated alkanes) is 1. The third-order valence-electron chi connectivity index (χ3n) is 5.47. The maximum atomic E-state index is 14.0. The number of carbonyl (C=O) groups excluding carboxylic acids is 1. The lowest BCUT2D eigenvalue weighted by molar-refractivity contribution is -0.142. The fourth-order valence-electron chi connectivity index (χ4n) is 3.95. The van der Waals surface area contributed by atoms with E-state index in [2.05, 4.69) is 11.9 Å². The van der Waals surface area contributed by atoms with Gasteiger partial charge < -0.3 is 10.4 Å². The number of hydrogen-bond acceptors (Lipinski definition) is 2. The Bertz CT molecular complexity index is 904. The van der Waals surface area contributed by atoms with E-state index in [0.717, 1.165) is 16.7 Å². The molecule has 4 heteroatoms. The second kappa shape index (κ2) is 10.4. The van der Waals surface area contributed by atoms with Crippen molar-refractivity contribution in [3.63, 3.8) is 0 Å². The summed E-state index contributed by atoms with van der Waals surface area (Å²) in [5, 5.41) is 12.6. The molecule has 1 amide bonds. The number of benzene rings is 3. The molecular weight excluding hydrogens is 386 g/mol. The van der Waals surface area contributed by atoms with E-state index in [1.807, 2.05) is 91.0 Å². The summed E-state index contributed by atoms with van der Waals surface area (Å²) in [5.74, 6) is -1.40. The van der Waals surface area contributed by atoms with Gasteiger partial charge in [0.25, 0.3) is 0 Å². The van der Waals surface area contributed by atoms with E-state index >= 15 is 0 Å². The first kappa shape index (κ1) is 22.0. The molecule has 3 aromatic rings. The number of rotatable bonds is 10. The van der Waals surface area contributed by atoms with E-state index in [4.69, 9.17) is 0 Å². The molecule has 0 aromatic heterocycles. The van der Waals surface area contributed by atoms with Crippen LogP contribution in [-0.4, -0.2) is 23.0 Å². The van der Waals surface area contributed by atoms with Gasteiger partial charge in [0, 0.05) is 0 Å². The molecule has 1 atom stereocenters.